The summed E-state index contributed by atoms with van der Waals surface area (Å²) >= 11 is 0. The molecule has 0 atom stereocenters. The van der Waals surface area contributed by atoms with Gasteiger partial charge < -0.3 is 5.11 Å². The summed E-state index contributed by atoms with van der Waals surface area (Å²) in [6, 6.07) is 2.48. The zero-order chi connectivity index (χ0) is 14.0. The summed E-state index contributed by atoms with van der Waals surface area (Å²) in [7, 11) is 0. The number of benzene rings is 1. The van der Waals surface area contributed by atoms with Crippen LogP contribution in [0.2, 0.25) is 0 Å². The Morgan fingerprint density at radius 3 is 2.53 bits per heavy atom. The molecule has 102 valence electrons. The highest BCUT2D eigenvalue weighted by atomic mass is 16.6. The molecule has 0 amide bonds. The summed E-state index contributed by atoms with van der Waals surface area (Å²) in [5.41, 5.74) is 0.321. The van der Waals surface area contributed by atoms with Gasteiger partial charge in [0.25, 0.3) is 5.69 Å². The van der Waals surface area contributed by atoms with Gasteiger partial charge in [-0.15, -0.1) is 0 Å². The van der Waals surface area contributed by atoms with Crippen LogP contribution in [0, 0.1) is 23.0 Å². The summed E-state index contributed by atoms with van der Waals surface area (Å²) in [6.45, 7) is 1.57. The molecule has 0 unspecified atom stereocenters. The van der Waals surface area contributed by atoms with E-state index in [0.29, 0.717) is 5.56 Å². The van der Waals surface area contributed by atoms with Gasteiger partial charge in [0.15, 0.2) is 5.78 Å². The lowest BCUT2D eigenvalue weighted by Crippen LogP contribution is -2.18. The third kappa shape index (κ3) is 2.75. The van der Waals surface area contributed by atoms with Crippen LogP contribution in [-0.2, 0) is 0 Å². The monoisotopic (exact) mass is 263 g/mol. The second-order valence-electron chi connectivity index (χ2n) is 5.12. The Morgan fingerprint density at radius 2 is 1.95 bits per heavy atom. The molecule has 0 heterocycles. The van der Waals surface area contributed by atoms with Crippen LogP contribution in [0.5, 0.6) is 5.75 Å². The lowest BCUT2D eigenvalue weighted by molar-refractivity contribution is -0.384. The van der Waals surface area contributed by atoms with Crippen LogP contribution in [0.15, 0.2) is 12.1 Å². The maximum absolute atomic E-state index is 12.4. The number of carbonyl (C=O) groups excluding carboxylic acids is 1. The van der Waals surface area contributed by atoms with Gasteiger partial charge in [-0.3, -0.25) is 14.9 Å². The van der Waals surface area contributed by atoms with Gasteiger partial charge in [0.05, 0.1) is 10.5 Å². The van der Waals surface area contributed by atoms with Gasteiger partial charge >= 0.3 is 0 Å². The predicted molar refractivity (Wildman–Crippen MR) is 70.4 cm³/mol. The smallest absolute Gasteiger partial charge is 0.270 e. The van der Waals surface area contributed by atoms with Crippen LogP contribution in [0.4, 0.5) is 5.69 Å². The maximum atomic E-state index is 12.4. The average Bonchev–Trinajstić information content (AvgIpc) is 2.41. The van der Waals surface area contributed by atoms with Crippen molar-refractivity contribution in [2.45, 2.75) is 39.0 Å². The fraction of sp³-hybridized carbons (Fsp3) is 0.500. The number of carbonyl (C=O) groups is 1. The van der Waals surface area contributed by atoms with Crippen LogP contribution in [-0.4, -0.2) is 15.8 Å². The second kappa shape index (κ2) is 5.38. The molecule has 0 saturated heterocycles. The molecule has 1 fully saturated rings. The highest BCUT2D eigenvalue weighted by Crippen LogP contribution is 2.33. The fourth-order valence-corrected chi connectivity index (χ4v) is 2.64. The van der Waals surface area contributed by atoms with E-state index >= 15 is 0 Å². The number of rotatable bonds is 3. The molecule has 5 heteroatoms. The van der Waals surface area contributed by atoms with Gasteiger partial charge in [-0.1, -0.05) is 19.3 Å². The van der Waals surface area contributed by atoms with Crippen molar-refractivity contribution < 1.29 is 14.8 Å². The van der Waals surface area contributed by atoms with Crippen molar-refractivity contribution in [3.63, 3.8) is 0 Å². The first-order valence-corrected chi connectivity index (χ1v) is 6.53. The Bertz CT molecular complexity index is 518. The highest BCUT2D eigenvalue weighted by molar-refractivity contribution is 6.01. The van der Waals surface area contributed by atoms with E-state index in [2.05, 4.69) is 0 Å². The van der Waals surface area contributed by atoms with E-state index in [1.807, 2.05) is 0 Å². The van der Waals surface area contributed by atoms with Crippen LogP contribution in [0.25, 0.3) is 0 Å². The molecule has 1 saturated carbocycles. The lowest BCUT2D eigenvalue weighted by Gasteiger charge is -2.20. The summed E-state index contributed by atoms with van der Waals surface area (Å²) in [5.74, 6) is -0.397. The molecule has 0 spiro atoms. The summed E-state index contributed by atoms with van der Waals surface area (Å²) in [5, 5.41) is 20.8. The number of hydrogen-bond acceptors (Lipinski definition) is 4. The lowest BCUT2D eigenvalue weighted by atomic mass is 9.83. The van der Waals surface area contributed by atoms with Crippen molar-refractivity contribution in [3.05, 3.63) is 33.4 Å². The molecule has 0 bridgehead atoms. The van der Waals surface area contributed by atoms with Crippen LogP contribution in [0.1, 0.15) is 48.0 Å². The number of aromatic hydroxyl groups is 1. The summed E-state index contributed by atoms with van der Waals surface area (Å²) in [6.07, 6.45) is 4.75. The molecule has 19 heavy (non-hydrogen) atoms. The van der Waals surface area contributed by atoms with Crippen LogP contribution >= 0.6 is 0 Å². The number of hydrogen-bond donors (Lipinski definition) is 1. The molecule has 1 aliphatic carbocycles. The van der Waals surface area contributed by atoms with Crippen molar-refractivity contribution in [2.24, 2.45) is 5.92 Å². The molecule has 1 aromatic carbocycles. The fourth-order valence-electron chi connectivity index (χ4n) is 2.64. The van der Waals surface area contributed by atoms with E-state index in [4.69, 9.17) is 0 Å². The standard InChI is InChI=1S/C14H17NO4/c1-9-7-11(15(18)19)8-12(13(9)16)14(17)10-5-3-2-4-6-10/h7-8,10,16H,2-6H2,1H3. The summed E-state index contributed by atoms with van der Waals surface area (Å²) < 4.78 is 0. The SMILES string of the molecule is Cc1cc([N+](=O)[O-])cc(C(=O)C2CCCCC2)c1O. The first-order chi connectivity index (χ1) is 9.00. The molecule has 1 aromatic rings. The minimum atomic E-state index is -0.538. The quantitative estimate of drug-likeness (QED) is 0.515. The van der Waals surface area contributed by atoms with E-state index < -0.39 is 4.92 Å². The van der Waals surface area contributed by atoms with Gasteiger partial charge in [0.2, 0.25) is 0 Å². The largest absolute Gasteiger partial charge is 0.507 e. The van der Waals surface area contributed by atoms with Crippen molar-refractivity contribution in [1.29, 1.82) is 0 Å². The van der Waals surface area contributed by atoms with Gasteiger partial charge in [-0.25, -0.2) is 0 Å². The molecule has 1 N–H and O–H groups in total. The Morgan fingerprint density at radius 1 is 1.32 bits per heavy atom. The van der Waals surface area contributed by atoms with Crippen molar-refractivity contribution in [3.8, 4) is 5.75 Å². The van der Waals surface area contributed by atoms with E-state index in [1.165, 1.54) is 12.1 Å². The van der Waals surface area contributed by atoms with E-state index in [0.717, 1.165) is 32.1 Å². The zero-order valence-corrected chi connectivity index (χ0v) is 10.9. The Kier molecular flexibility index (Phi) is 3.83. The van der Waals surface area contributed by atoms with Crippen molar-refractivity contribution >= 4 is 11.5 Å². The molecule has 5 nitrogen and oxygen atoms in total. The van der Waals surface area contributed by atoms with E-state index in [-0.39, 0.29) is 28.7 Å². The number of aryl methyl sites for hydroxylation is 1. The number of phenolic OH excluding ortho intramolecular Hbond substituents is 1. The minimum absolute atomic E-state index is 0.0959. The van der Waals surface area contributed by atoms with E-state index in [9.17, 15) is 20.0 Å². The molecular weight excluding hydrogens is 246 g/mol. The topological polar surface area (TPSA) is 80.4 Å². The average molecular weight is 263 g/mol. The maximum Gasteiger partial charge on any atom is 0.270 e. The zero-order valence-electron chi connectivity index (χ0n) is 10.9. The Labute approximate surface area is 111 Å². The normalized spacial score (nSPS) is 16.3. The van der Waals surface area contributed by atoms with Crippen LogP contribution in [0.3, 0.4) is 0 Å². The number of non-ortho nitro benzene ring substituents is 1. The van der Waals surface area contributed by atoms with Gasteiger partial charge in [0.1, 0.15) is 5.75 Å². The summed E-state index contributed by atoms with van der Waals surface area (Å²) in [4.78, 5) is 22.7. The number of nitrogens with zero attached hydrogens (tertiary/aromatic N) is 1. The number of nitro benzene ring substituents is 1. The number of Topliss-reactive ketones (excluding diaryl/α,β-unsaturated/α-hetero) is 1. The molecule has 1 aliphatic rings. The Balaban J connectivity index is 2.37. The predicted octanol–water partition coefficient (Wildman–Crippen LogP) is 3.37. The van der Waals surface area contributed by atoms with E-state index in [1.54, 1.807) is 6.92 Å². The molecular formula is C14H17NO4. The van der Waals surface area contributed by atoms with Gasteiger partial charge in [-0.05, 0) is 25.3 Å². The van der Waals surface area contributed by atoms with Gasteiger partial charge in [-0.2, -0.15) is 0 Å². The minimum Gasteiger partial charge on any atom is -0.507 e. The highest BCUT2D eigenvalue weighted by Gasteiger charge is 2.26. The van der Waals surface area contributed by atoms with Crippen molar-refractivity contribution in [1.82, 2.24) is 0 Å². The number of ketones is 1. The van der Waals surface area contributed by atoms with Gasteiger partial charge in [0, 0.05) is 18.1 Å². The Hall–Kier alpha value is -1.91. The number of phenols is 1. The molecule has 0 aliphatic heterocycles. The van der Waals surface area contributed by atoms with Crippen LogP contribution < -0.4 is 0 Å². The molecule has 2 rings (SSSR count). The second-order valence-corrected chi connectivity index (χ2v) is 5.12. The third-order valence-corrected chi connectivity index (χ3v) is 3.74. The molecule has 0 aromatic heterocycles. The first kappa shape index (κ1) is 13.5. The van der Waals surface area contributed by atoms with Crippen molar-refractivity contribution in [2.75, 3.05) is 0 Å². The number of nitro groups is 1. The molecule has 0 radical (unpaired) electrons. The third-order valence-electron chi connectivity index (χ3n) is 3.74. The first-order valence-electron chi connectivity index (χ1n) is 6.53.